The van der Waals surface area contributed by atoms with Gasteiger partial charge in [0.15, 0.2) is 5.76 Å². The van der Waals surface area contributed by atoms with Crippen molar-refractivity contribution in [3.8, 4) is 5.75 Å². The molecule has 0 aliphatic heterocycles. The molecule has 1 heterocycles. The maximum Gasteiger partial charge on any atom is 0.518 e. The van der Waals surface area contributed by atoms with E-state index >= 15 is 0 Å². The Morgan fingerprint density at radius 2 is 2.13 bits per heavy atom. The highest BCUT2D eigenvalue weighted by Crippen LogP contribution is 2.20. The number of anilines is 1. The van der Waals surface area contributed by atoms with Gasteiger partial charge in [-0.2, -0.15) is 0 Å². The predicted octanol–water partition coefficient (Wildman–Crippen LogP) is 1.39. The van der Waals surface area contributed by atoms with Crippen molar-refractivity contribution in [2.24, 2.45) is 0 Å². The quantitative estimate of drug-likeness (QED) is 0.769. The van der Waals surface area contributed by atoms with Gasteiger partial charge in [0.1, 0.15) is 18.6 Å². The Kier molecular flexibility index (Phi) is 2.45. The van der Waals surface area contributed by atoms with E-state index in [2.05, 4.69) is 8.83 Å². The van der Waals surface area contributed by atoms with E-state index in [0.717, 1.165) is 0 Å². The molecule has 2 rings (SSSR count). The zero-order chi connectivity index (χ0) is 10.7. The van der Waals surface area contributed by atoms with E-state index in [4.69, 9.17) is 10.5 Å². The molecule has 78 valence electrons. The van der Waals surface area contributed by atoms with Gasteiger partial charge in [-0.1, -0.05) is 12.1 Å². The standard InChI is InChI=1S/C10H9NO4/c11-8-3-1-2-4-9(8)13-5-7-6-14-10(12)15-7/h1-4,6H,5,11H2. The molecule has 0 bridgehead atoms. The largest absolute Gasteiger partial charge is 0.518 e. The van der Waals surface area contributed by atoms with Crippen LogP contribution in [0.2, 0.25) is 0 Å². The maximum absolute atomic E-state index is 10.6. The average Bonchev–Trinajstić information content (AvgIpc) is 2.63. The molecule has 0 aliphatic carbocycles. The first kappa shape index (κ1) is 9.39. The lowest BCUT2D eigenvalue weighted by atomic mass is 10.3. The van der Waals surface area contributed by atoms with Crippen molar-refractivity contribution in [2.75, 3.05) is 5.73 Å². The van der Waals surface area contributed by atoms with Crippen LogP contribution in [0.3, 0.4) is 0 Å². The number of nitrogen functional groups attached to an aromatic ring is 1. The lowest BCUT2D eigenvalue weighted by Gasteiger charge is -2.05. The molecular weight excluding hydrogens is 198 g/mol. The molecule has 0 aliphatic rings. The average molecular weight is 207 g/mol. The van der Waals surface area contributed by atoms with Crippen molar-refractivity contribution in [2.45, 2.75) is 6.61 Å². The molecule has 0 spiro atoms. The first-order valence-electron chi connectivity index (χ1n) is 4.30. The Labute approximate surface area is 85.1 Å². The zero-order valence-electron chi connectivity index (χ0n) is 7.80. The summed E-state index contributed by atoms with van der Waals surface area (Å²) in [5, 5.41) is 0. The number of nitrogens with two attached hydrogens (primary N) is 1. The van der Waals surface area contributed by atoms with Crippen LogP contribution in [0.4, 0.5) is 5.69 Å². The van der Waals surface area contributed by atoms with Gasteiger partial charge in [0.05, 0.1) is 5.69 Å². The molecule has 5 nitrogen and oxygen atoms in total. The van der Waals surface area contributed by atoms with Gasteiger partial charge in [0, 0.05) is 0 Å². The SMILES string of the molecule is Nc1ccccc1OCc1coc(=O)o1. The summed E-state index contributed by atoms with van der Waals surface area (Å²) in [6.07, 6.45) is 1.21. The smallest absolute Gasteiger partial charge is 0.483 e. The molecule has 15 heavy (non-hydrogen) atoms. The van der Waals surface area contributed by atoms with Crippen LogP contribution in [0.15, 0.2) is 44.2 Å². The van der Waals surface area contributed by atoms with Crippen molar-refractivity contribution in [1.29, 1.82) is 0 Å². The Bertz CT molecular complexity index is 500. The minimum absolute atomic E-state index is 0.111. The summed E-state index contributed by atoms with van der Waals surface area (Å²) in [7, 11) is 0. The third kappa shape index (κ3) is 2.19. The van der Waals surface area contributed by atoms with E-state index in [1.165, 1.54) is 6.26 Å². The van der Waals surface area contributed by atoms with E-state index in [-0.39, 0.29) is 6.61 Å². The topological polar surface area (TPSA) is 78.6 Å². The van der Waals surface area contributed by atoms with Gasteiger partial charge >= 0.3 is 5.82 Å². The van der Waals surface area contributed by atoms with Crippen LogP contribution in [0.5, 0.6) is 5.75 Å². The van der Waals surface area contributed by atoms with Gasteiger partial charge < -0.3 is 19.3 Å². The van der Waals surface area contributed by atoms with Gasteiger partial charge in [-0.3, -0.25) is 0 Å². The summed E-state index contributed by atoms with van der Waals surface area (Å²) in [6.45, 7) is 0.111. The number of ether oxygens (including phenoxy) is 1. The molecule has 0 saturated heterocycles. The third-order valence-electron chi connectivity index (χ3n) is 1.79. The van der Waals surface area contributed by atoms with Crippen LogP contribution in [0.1, 0.15) is 5.76 Å². The number of hydrogen-bond acceptors (Lipinski definition) is 5. The molecule has 0 saturated carbocycles. The van der Waals surface area contributed by atoms with Crippen molar-refractivity contribution < 1.29 is 13.6 Å². The Hall–Kier alpha value is -2.17. The monoisotopic (exact) mass is 207 g/mol. The Balaban J connectivity index is 2.05. The predicted molar refractivity (Wildman–Crippen MR) is 52.4 cm³/mol. The maximum atomic E-state index is 10.6. The van der Waals surface area contributed by atoms with Crippen LogP contribution in [0.25, 0.3) is 0 Å². The summed E-state index contributed by atoms with van der Waals surface area (Å²) in [5.41, 5.74) is 6.18. The van der Waals surface area contributed by atoms with E-state index in [0.29, 0.717) is 17.2 Å². The van der Waals surface area contributed by atoms with Crippen molar-refractivity contribution in [3.63, 3.8) is 0 Å². The molecule has 2 aromatic rings. The molecule has 1 aromatic carbocycles. The lowest BCUT2D eigenvalue weighted by molar-refractivity contribution is 0.264. The number of para-hydroxylation sites is 2. The van der Waals surface area contributed by atoms with Crippen LogP contribution in [0, 0.1) is 0 Å². The molecule has 0 amide bonds. The van der Waals surface area contributed by atoms with Crippen LogP contribution >= 0.6 is 0 Å². The van der Waals surface area contributed by atoms with Crippen LogP contribution in [-0.2, 0) is 6.61 Å². The molecule has 2 N–H and O–H groups in total. The second-order valence-electron chi connectivity index (χ2n) is 2.88. The summed E-state index contributed by atoms with van der Waals surface area (Å²) < 4.78 is 14.4. The number of hydrogen-bond donors (Lipinski definition) is 1. The molecule has 1 aromatic heterocycles. The molecule has 0 fully saturated rings. The second-order valence-corrected chi connectivity index (χ2v) is 2.88. The van der Waals surface area contributed by atoms with Gasteiger partial charge in [-0.15, -0.1) is 0 Å². The normalized spacial score (nSPS) is 10.1. The Morgan fingerprint density at radius 1 is 1.33 bits per heavy atom. The zero-order valence-corrected chi connectivity index (χ0v) is 7.80. The van der Waals surface area contributed by atoms with E-state index < -0.39 is 5.82 Å². The first-order chi connectivity index (χ1) is 7.25. The first-order valence-corrected chi connectivity index (χ1v) is 4.30. The summed E-state index contributed by atoms with van der Waals surface area (Å²) >= 11 is 0. The molecule has 0 radical (unpaired) electrons. The number of benzene rings is 1. The van der Waals surface area contributed by atoms with Gasteiger partial charge in [-0.05, 0) is 12.1 Å². The fourth-order valence-corrected chi connectivity index (χ4v) is 1.09. The lowest BCUT2D eigenvalue weighted by Crippen LogP contribution is -1.98. The van der Waals surface area contributed by atoms with Crippen molar-refractivity contribution in [1.82, 2.24) is 0 Å². The summed E-state index contributed by atoms with van der Waals surface area (Å²) in [6, 6.07) is 7.06. The summed E-state index contributed by atoms with van der Waals surface area (Å²) in [5.74, 6) is 0.124. The van der Waals surface area contributed by atoms with Gasteiger partial charge in [-0.25, -0.2) is 4.79 Å². The molecular formula is C10H9NO4. The van der Waals surface area contributed by atoms with Gasteiger partial charge in [0.2, 0.25) is 0 Å². The second kappa shape index (κ2) is 3.91. The molecule has 5 heteroatoms. The highest BCUT2D eigenvalue weighted by atomic mass is 16.6. The van der Waals surface area contributed by atoms with E-state index in [1.807, 2.05) is 0 Å². The molecule has 0 unspecified atom stereocenters. The van der Waals surface area contributed by atoms with Crippen LogP contribution in [-0.4, -0.2) is 0 Å². The summed E-state index contributed by atoms with van der Waals surface area (Å²) in [4.78, 5) is 10.6. The Morgan fingerprint density at radius 3 is 2.80 bits per heavy atom. The fraction of sp³-hybridized carbons (Fsp3) is 0.100. The van der Waals surface area contributed by atoms with Crippen molar-refractivity contribution in [3.05, 3.63) is 46.9 Å². The minimum atomic E-state index is -0.741. The van der Waals surface area contributed by atoms with E-state index in [9.17, 15) is 4.79 Å². The third-order valence-corrected chi connectivity index (χ3v) is 1.79. The minimum Gasteiger partial charge on any atom is -0.483 e. The highest BCUT2D eigenvalue weighted by molar-refractivity contribution is 5.51. The van der Waals surface area contributed by atoms with Gasteiger partial charge in [0.25, 0.3) is 0 Å². The number of rotatable bonds is 3. The van der Waals surface area contributed by atoms with E-state index in [1.54, 1.807) is 24.3 Å². The highest BCUT2D eigenvalue weighted by Gasteiger charge is 2.03. The van der Waals surface area contributed by atoms with Crippen LogP contribution < -0.4 is 16.3 Å². The van der Waals surface area contributed by atoms with Crippen molar-refractivity contribution >= 4 is 5.69 Å². The molecule has 0 atom stereocenters. The fourth-order valence-electron chi connectivity index (χ4n) is 1.09.